The van der Waals surface area contributed by atoms with Crippen molar-refractivity contribution in [2.24, 2.45) is 5.73 Å². The first-order valence-corrected chi connectivity index (χ1v) is 8.28. The lowest BCUT2D eigenvalue weighted by atomic mass is 10.00. The molecule has 1 aromatic carbocycles. The highest BCUT2D eigenvalue weighted by molar-refractivity contribution is 5.55. The van der Waals surface area contributed by atoms with E-state index in [1.54, 1.807) is 0 Å². The highest BCUT2D eigenvalue weighted by Gasteiger charge is 2.26. The third-order valence-electron chi connectivity index (χ3n) is 4.53. The summed E-state index contributed by atoms with van der Waals surface area (Å²) in [6, 6.07) is 7.57. The maximum atomic E-state index is 6.07. The van der Waals surface area contributed by atoms with Gasteiger partial charge in [0.25, 0.3) is 0 Å². The van der Waals surface area contributed by atoms with Crippen LogP contribution in [0.15, 0.2) is 18.2 Å². The second kappa shape index (κ2) is 7.28. The lowest BCUT2D eigenvalue weighted by molar-refractivity contribution is 0.0299. The zero-order valence-electron chi connectivity index (χ0n) is 13.9. The molecule has 3 nitrogen and oxygen atoms in total. The average molecular weight is 290 g/mol. The van der Waals surface area contributed by atoms with Crippen LogP contribution in [0.25, 0.3) is 0 Å². The van der Waals surface area contributed by atoms with Crippen LogP contribution >= 0.6 is 0 Å². The van der Waals surface area contributed by atoms with Crippen molar-refractivity contribution in [1.29, 1.82) is 0 Å². The van der Waals surface area contributed by atoms with Gasteiger partial charge < -0.3 is 15.4 Å². The van der Waals surface area contributed by atoms with Crippen molar-refractivity contribution in [2.75, 3.05) is 18.1 Å². The highest BCUT2D eigenvalue weighted by Crippen LogP contribution is 2.27. The fourth-order valence-corrected chi connectivity index (χ4v) is 3.09. The van der Waals surface area contributed by atoms with Crippen molar-refractivity contribution in [1.82, 2.24) is 0 Å². The molecular formula is C18H30N2O. The van der Waals surface area contributed by atoms with Crippen LogP contribution in [-0.4, -0.2) is 31.3 Å². The third-order valence-corrected chi connectivity index (χ3v) is 4.53. The Labute approximate surface area is 129 Å². The Morgan fingerprint density at radius 3 is 2.76 bits per heavy atom. The van der Waals surface area contributed by atoms with Crippen LogP contribution in [0.1, 0.15) is 44.7 Å². The van der Waals surface area contributed by atoms with Gasteiger partial charge >= 0.3 is 0 Å². The van der Waals surface area contributed by atoms with E-state index in [4.69, 9.17) is 10.5 Å². The Hall–Kier alpha value is -1.06. The lowest BCUT2D eigenvalue weighted by Gasteiger charge is -2.40. The van der Waals surface area contributed by atoms with E-state index in [2.05, 4.69) is 50.8 Å². The number of hydrogen-bond acceptors (Lipinski definition) is 3. The molecule has 21 heavy (non-hydrogen) atoms. The van der Waals surface area contributed by atoms with Crippen molar-refractivity contribution in [3.05, 3.63) is 29.3 Å². The molecule has 1 fully saturated rings. The zero-order chi connectivity index (χ0) is 15.4. The summed E-state index contributed by atoms with van der Waals surface area (Å²) in [7, 11) is 0. The summed E-state index contributed by atoms with van der Waals surface area (Å²) >= 11 is 0. The van der Waals surface area contributed by atoms with Gasteiger partial charge in [-0.25, -0.2) is 0 Å². The number of ether oxygens (including phenoxy) is 1. The quantitative estimate of drug-likeness (QED) is 0.904. The minimum atomic E-state index is 0.266. The molecule has 3 heteroatoms. The van der Waals surface area contributed by atoms with E-state index in [0.29, 0.717) is 12.1 Å². The maximum Gasteiger partial charge on any atom is 0.0723 e. The molecule has 1 heterocycles. The predicted molar refractivity (Wildman–Crippen MR) is 90.0 cm³/mol. The summed E-state index contributed by atoms with van der Waals surface area (Å²) in [5, 5.41) is 0. The van der Waals surface area contributed by atoms with Gasteiger partial charge in [-0.2, -0.15) is 0 Å². The number of hydrogen-bond donors (Lipinski definition) is 1. The number of benzene rings is 1. The predicted octanol–water partition coefficient (Wildman–Crippen LogP) is 3.28. The van der Waals surface area contributed by atoms with Crippen LogP contribution in [0.2, 0.25) is 0 Å². The molecule has 0 amide bonds. The number of nitrogens with two attached hydrogens (primary N) is 1. The number of rotatable bonds is 5. The molecule has 0 radical (unpaired) electrons. The molecule has 3 unspecified atom stereocenters. The van der Waals surface area contributed by atoms with Gasteiger partial charge in [0.2, 0.25) is 0 Å². The maximum absolute atomic E-state index is 6.07. The van der Waals surface area contributed by atoms with E-state index >= 15 is 0 Å². The standard InChI is InChI=1S/C18H30N2O/c1-5-16(19)10-15-7-8-18(13(3)9-15)20-11-14(4)21-12-17(20)6-2/h7-9,14,16-17H,5-6,10-12,19H2,1-4H3. The summed E-state index contributed by atoms with van der Waals surface area (Å²) < 4.78 is 5.81. The van der Waals surface area contributed by atoms with Crippen molar-refractivity contribution < 1.29 is 4.74 Å². The second-order valence-electron chi connectivity index (χ2n) is 6.35. The topological polar surface area (TPSA) is 38.5 Å². The monoisotopic (exact) mass is 290 g/mol. The molecule has 0 bridgehead atoms. The van der Waals surface area contributed by atoms with Gasteiger partial charge in [0, 0.05) is 18.3 Å². The van der Waals surface area contributed by atoms with Crippen molar-refractivity contribution in [3.63, 3.8) is 0 Å². The van der Waals surface area contributed by atoms with E-state index in [1.807, 2.05) is 0 Å². The molecule has 0 spiro atoms. The summed E-state index contributed by atoms with van der Waals surface area (Å²) in [5.41, 5.74) is 10.1. The molecular weight excluding hydrogens is 260 g/mol. The van der Waals surface area contributed by atoms with Gasteiger partial charge in [-0.1, -0.05) is 26.0 Å². The largest absolute Gasteiger partial charge is 0.375 e. The average Bonchev–Trinajstić information content (AvgIpc) is 2.47. The molecule has 2 rings (SSSR count). The van der Waals surface area contributed by atoms with Crippen LogP contribution in [-0.2, 0) is 11.2 Å². The summed E-state index contributed by atoms with van der Waals surface area (Å²) in [5.74, 6) is 0. The molecule has 1 saturated heterocycles. The lowest BCUT2D eigenvalue weighted by Crippen LogP contribution is -2.49. The Bertz CT molecular complexity index is 461. The summed E-state index contributed by atoms with van der Waals surface area (Å²) in [6.07, 6.45) is 3.42. The van der Waals surface area contributed by atoms with Gasteiger partial charge in [-0.05, 0) is 50.3 Å². The Morgan fingerprint density at radius 1 is 1.38 bits per heavy atom. The highest BCUT2D eigenvalue weighted by atomic mass is 16.5. The first-order chi connectivity index (χ1) is 10.0. The van der Waals surface area contributed by atoms with Crippen LogP contribution in [0, 0.1) is 6.92 Å². The van der Waals surface area contributed by atoms with Crippen molar-refractivity contribution in [3.8, 4) is 0 Å². The minimum Gasteiger partial charge on any atom is -0.375 e. The van der Waals surface area contributed by atoms with E-state index in [9.17, 15) is 0 Å². The van der Waals surface area contributed by atoms with Crippen LogP contribution in [0.4, 0.5) is 5.69 Å². The normalized spacial score (nSPS) is 24.1. The first kappa shape index (κ1) is 16.3. The molecule has 1 aliphatic heterocycles. The number of aryl methyl sites for hydroxylation is 1. The third kappa shape index (κ3) is 3.98. The van der Waals surface area contributed by atoms with E-state index < -0.39 is 0 Å². The van der Waals surface area contributed by atoms with Gasteiger partial charge in [-0.3, -0.25) is 0 Å². The fourth-order valence-electron chi connectivity index (χ4n) is 3.09. The fraction of sp³-hybridized carbons (Fsp3) is 0.667. The number of nitrogens with zero attached hydrogens (tertiary/aromatic N) is 1. The molecule has 0 saturated carbocycles. The molecule has 0 aromatic heterocycles. The molecule has 2 N–H and O–H groups in total. The van der Waals surface area contributed by atoms with Gasteiger partial charge in [0.05, 0.1) is 18.8 Å². The van der Waals surface area contributed by atoms with E-state index in [-0.39, 0.29) is 6.04 Å². The second-order valence-corrected chi connectivity index (χ2v) is 6.35. The molecule has 0 aliphatic carbocycles. The van der Waals surface area contributed by atoms with Gasteiger partial charge in [-0.15, -0.1) is 0 Å². The Morgan fingerprint density at radius 2 is 2.14 bits per heavy atom. The van der Waals surface area contributed by atoms with E-state index in [1.165, 1.54) is 16.8 Å². The van der Waals surface area contributed by atoms with Crippen LogP contribution in [0.3, 0.4) is 0 Å². The smallest absolute Gasteiger partial charge is 0.0723 e. The number of morpholine rings is 1. The van der Waals surface area contributed by atoms with Gasteiger partial charge in [0.1, 0.15) is 0 Å². The SMILES string of the molecule is CCC(N)Cc1ccc(N2CC(C)OCC2CC)c(C)c1. The first-order valence-electron chi connectivity index (χ1n) is 8.28. The summed E-state index contributed by atoms with van der Waals surface area (Å²) in [4.78, 5) is 2.52. The van der Waals surface area contributed by atoms with Crippen LogP contribution < -0.4 is 10.6 Å². The van der Waals surface area contributed by atoms with E-state index in [0.717, 1.165) is 32.4 Å². The van der Waals surface area contributed by atoms with Crippen LogP contribution in [0.5, 0.6) is 0 Å². The Kier molecular flexibility index (Phi) is 5.65. The molecule has 118 valence electrons. The van der Waals surface area contributed by atoms with Crippen molar-refractivity contribution in [2.45, 2.75) is 65.1 Å². The molecule has 1 aliphatic rings. The summed E-state index contributed by atoms with van der Waals surface area (Å²) in [6.45, 7) is 10.6. The zero-order valence-corrected chi connectivity index (χ0v) is 13.9. The minimum absolute atomic E-state index is 0.266. The Balaban J connectivity index is 2.18. The van der Waals surface area contributed by atoms with Crippen molar-refractivity contribution >= 4 is 5.69 Å². The molecule has 3 atom stereocenters. The molecule has 1 aromatic rings. The van der Waals surface area contributed by atoms with Gasteiger partial charge in [0.15, 0.2) is 0 Å². The number of anilines is 1.